The lowest BCUT2D eigenvalue weighted by Gasteiger charge is -2.58. The first-order valence-electron chi connectivity index (χ1n) is 19.4. The number of hydrogen-bond donors (Lipinski definition) is 5. The number of epoxide rings is 1. The molecular formula is C39H65N3O4. The summed E-state index contributed by atoms with van der Waals surface area (Å²) in [5, 5.41) is 35.7. The zero-order valence-corrected chi connectivity index (χ0v) is 29.0. The first kappa shape index (κ1) is 33.4. The van der Waals surface area contributed by atoms with Gasteiger partial charge < -0.3 is 31.1 Å². The zero-order chi connectivity index (χ0) is 32.3. The second kappa shape index (κ2) is 12.6. The lowest BCUT2D eigenvalue weighted by atomic mass is 9.46. The second-order valence-electron chi connectivity index (χ2n) is 18.3. The van der Waals surface area contributed by atoms with Gasteiger partial charge in [0, 0.05) is 17.8 Å². The number of aliphatic hydroxyl groups excluding tert-OH is 2. The fraction of sp³-hybridized carbons (Fsp3) is 0.923. The molecule has 0 radical (unpaired) electrons. The Labute approximate surface area is 278 Å². The SMILES string of the molecule is C=C1CC2(CCC(CCC3(O)CCCC(O)C3)C2)C2OC2(C)CCC2C1CC2(C)C1CCC(C(O)NC(N)=NC2CCCCC2)C1. The van der Waals surface area contributed by atoms with Gasteiger partial charge in [-0.25, -0.2) is 0 Å². The number of nitrogens with zero attached hydrogens (tertiary/aromatic N) is 1. The van der Waals surface area contributed by atoms with E-state index in [0.717, 1.165) is 70.6 Å². The van der Waals surface area contributed by atoms with Crippen LogP contribution in [0.2, 0.25) is 0 Å². The van der Waals surface area contributed by atoms with Gasteiger partial charge in [0.1, 0.15) is 6.23 Å². The Balaban J connectivity index is 0.961. The van der Waals surface area contributed by atoms with Gasteiger partial charge in [-0.15, -0.1) is 0 Å². The van der Waals surface area contributed by atoms with Crippen LogP contribution in [0.4, 0.5) is 0 Å². The molecule has 6 saturated carbocycles. The van der Waals surface area contributed by atoms with Gasteiger partial charge in [-0.05, 0) is 145 Å². The number of aliphatic hydroxyl groups is 3. The van der Waals surface area contributed by atoms with E-state index in [1.807, 2.05) is 0 Å². The molecule has 12 unspecified atom stereocenters. The summed E-state index contributed by atoms with van der Waals surface area (Å²) in [6, 6.07) is 0.308. The van der Waals surface area contributed by atoms with Crippen LogP contribution in [-0.2, 0) is 4.74 Å². The number of hydrogen-bond acceptors (Lipinski definition) is 5. The molecule has 46 heavy (non-hydrogen) atoms. The Morgan fingerprint density at radius 3 is 2.59 bits per heavy atom. The standard InChI is InChI=1S/C39H65N3O4/c1-25-21-38(18-13-26(22-38)14-19-39(45)16-7-10-30(43)23-39)34-37(3,46-34)17-15-32-31(25)24-36(32,2)28-12-11-27(20-28)33(44)42-35(40)41-29-8-5-4-6-9-29/h26-34,43-45H,1,4-24H2,2-3H3,(H3,40,41,42). The molecule has 7 fully saturated rings. The van der Waals surface area contributed by atoms with Crippen LogP contribution in [0.15, 0.2) is 17.1 Å². The molecule has 12 atom stereocenters. The summed E-state index contributed by atoms with van der Waals surface area (Å²) in [7, 11) is 0. The summed E-state index contributed by atoms with van der Waals surface area (Å²) in [5.41, 5.74) is 7.53. The molecule has 0 bridgehead atoms. The molecule has 1 saturated heterocycles. The molecule has 0 amide bonds. The Bertz CT molecular complexity index is 1160. The highest BCUT2D eigenvalue weighted by Crippen LogP contribution is 2.69. The molecule has 0 aromatic heterocycles. The van der Waals surface area contributed by atoms with Crippen molar-refractivity contribution < 1.29 is 20.1 Å². The van der Waals surface area contributed by atoms with Crippen LogP contribution in [0.3, 0.4) is 0 Å². The molecule has 6 aliphatic carbocycles. The minimum Gasteiger partial charge on any atom is -0.393 e. The van der Waals surface area contributed by atoms with Gasteiger partial charge >= 0.3 is 0 Å². The van der Waals surface area contributed by atoms with E-state index in [9.17, 15) is 15.3 Å². The van der Waals surface area contributed by atoms with E-state index in [-0.39, 0.29) is 23.0 Å². The number of nitrogens with one attached hydrogen (secondary N) is 1. The summed E-state index contributed by atoms with van der Waals surface area (Å²) >= 11 is 0. The van der Waals surface area contributed by atoms with Crippen LogP contribution >= 0.6 is 0 Å². The lowest BCUT2D eigenvalue weighted by Crippen LogP contribution is -2.51. The van der Waals surface area contributed by atoms with Gasteiger partial charge in [0.25, 0.3) is 0 Å². The van der Waals surface area contributed by atoms with Gasteiger partial charge in [0.15, 0.2) is 5.96 Å². The van der Waals surface area contributed by atoms with Crippen molar-refractivity contribution in [2.24, 2.45) is 51.1 Å². The van der Waals surface area contributed by atoms with Crippen LogP contribution < -0.4 is 11.1 Å². The highest BCUT2D eigenvalue weighted by molar-refractivity contribution is 5.78. The van der Waals surface area contributed by atoms with Crippen molar-refractivity contribution in [2.75, 3.05) is 0 Å². The summed E-state index contributed by atoms with van der Waals surface area (Å²) in [5.74, 6) is 3.15. The number of fused-ring (bicyclic) bond motifs is 3. The van der Waals surface area contributed by atoms with Crippen LogP contribution in [-0.4, -0.2) is 57.0 Å². The maximum absolute atomic E-state index is 11.2. The van der Waals surface area contributed by atoms with E-state index in [1.54, 1.807) is 0 Å². The maximum Gasteiger partial charge on any atom is 0.190 e. The lowest BCUT2D eigenvalue weighted by molar-refractivity contribution is -0.0712. The summed E-state index contributed by atoms with van der Waals surface area (Å²) in [4.78, 5) is 4.70. The van der Waals surface area contributed by atoms with Gasteiger partial charge in [-0.2, -0.15) is 0 Å². The number of ether oxygens (including phenoxy) is 1. The first-order chi connectivity index (χ1) is 21.9. The third-order valence-electron chi connectivity index (χ3n) is 15.1. The highest BCUT2D eigenvalue weighted by atomic mass is 16.6. The van der Waals surface area contributed by atoms with E-state index < -0.39 is 11.8 Å². The van der Waals surface area contributed by atoms with Crippen molar-refractivity contribution in [1.82, 2.24) is 5.32 Å². The molecule has 0 aromatic carbocycles. The highest BCUT2D eigenvalue weighted by Gasteiger charge is 2.67. The average Bonchev–Trinajstić information content (AvgIpc) is 3.33. The predicted molar refractivity (Wildman–Crippen MR) is 183 cm³/mol. The zero-order valence-electron chi connectivity index (χ0n) is 29.0. The Kier molecular flexibility index (Phi) is 9.16. The summed E-state index contributed by atoms with van der Waals surface area (Å²) in [6.45, 7) is 9.74. The minimum absolute atomic E-state index is 0.0141. The van der Waals surface area contributed by atoms with Crippen molar-refractivity contribution in [3.05, 3.63) is 12.2 Å². The second-order valence-corrected chi connectivity index (χ2v) is 18.3. The van der Waals surface area contributed by atoms with E-state index in [2.05, 4.69) is 19.2 Å². The summed E-state index contributed by atoms with van der Waals surface area (Å²) < 4.78 is 6.70. The predicted octanol–water partition coefficient (Wildman–Crippen LogP) is 6.73. The van der Waals surface area contributed by atoms with E-state index in [0.29, 0.717) is 53.6 Å². The third kappa shape index (κ3) is 6.45. The molecule has 7 rings (SSSR count). The fourth-order valence-electron chi connectivity index (χ4n) is 12.4. The van der Waals surface area contributed by atoms with Crippen molar-refractivity contribution in [3.8, 4) is 0 Å². The van der Waals surface area contributed by atoms with Crippen LogP contribution in [0.1, 0.15) is 149 Å². The van der Waals surface area contributed by atoms with E-state index in [4.69, 9.17) is 22.0 Å². The van der Waals surface area contributed by atoms with Gasteiger partial charge in [-0.3, -0.25) is 4.99 Å². The Morgan fingerprint density at radius 2 is 1.80 bits per heavy atom. The number of nitrogens with two attached hydrogens (primary N) is 1. The van der Waals surface area contributed by atoms with Crippen LogP contribution in [0.5, 0.6) is 0 Å². The third-order valence-corrected chi connectivity index (χ3v) is 15.1. The Hall–Kier alpha value is -1.15. The molecular weight excluding hydrogens is 574 g/mol. The molecule has 260 valence electrons. The normalized spacial score (nSPS) is 48.9. The number of allylic oxidation sites excluding steroid dienone is 1. The quantitative estimate of drug-likeness (QED) is 0.0692. The largest absolute Gasteiger partial charge is 0.393 e. The number of rotatable bonds is 7. The van der Waals surface area contributed by atoms with Crippen molar-refractivity contribution >= 4 is 5.96 Å². The van der Waals surface area contributed by atoms with Crippen molar-refractivity contribution in [3.63, 3.8) is 0 Å². The van der Waals surface area contributed by atoms with E-state index >= 15 is 0 Å². The van der Waals surface area contributed by atoms with Crippen LogP contribution in [0.25, 0.3) is 0 Å². The van der Waals surface area contributed by atoms with Gasteiger partial charge in [0.2, 0.25) is 0 Å². The van der Waals surface area contributed by atoms with E-state index in [1.165, 1.54) is 63.4 Å². The molecule has 1 aliphatic heterocycles. The molecule has 7 aliphatic rings. The van der Waals surface area contributed by atoms with Crippen molar-refractivity contribution in [2.45, 2.75) is 184 Å². The van der Waals surface area contributed by atoms with Gasteiger partial charge in [-0.1, -0.05) is 38.3 Å². The maximum atomic E-state index is 11.2. The fourth-order valence-corrected chi connectivity index (χ4v) is 12.4. The monoisotopic (exact) mass is 639 g/mol. The molecule has 7 heteroatoms. The topological polar surface area (TPSA) is 124 Å². The molecule has 6 N–H and O–H groups in total. The Morgan fingerprint density at radius 1 is 1.00 bits per heavy atom. The van der Waals surface area contributed by atoms with Crippen LogP contribution in [0, 0.1) is 40.4 Å². The minimum atomic E-state index is -0.676. The number of guanidine groups is 1. The number of aliphatic imine (C=N–C) groups is 1. The summed E-state index contributed by atoms with van der Waals surface area (Å²) in [6.07, 6.45) is 22.0. The van der Waals surface area contributed by atoms with Crippen molar-refractivity contribution in [1.29, 1.82) is 0 Å². The smallest absolute Gasteiger partial charge is 0.190 e. The molecule has 1 heterocycles. The molecule has 1 spiro atoms. The van der Waals surface area contributed by atoms with Gasteiger partial charge in [0.05, 0.1) is 29.5 Å². The average molecular weight is 640 g/mol. The molecule has 0 aromatic rings. The first-order valence-corrected chi connectivity index (χ1v) is 19.4. The molecule has 7 nitrogen and oxygen atoms in total.